The number of imide groups is 1. The monoisotopic (exact) mass is 761 g/mol. The van der Waals surface area contributed by atoms with Gasteiger partial charge >= 0.3 is 12.1 Å². The van der Waals surface area contributed by atoms with E-state index < -0.39 is 59.5 Å². The first-order valence-corrected chi connectivity index (χ1v) is 17.8. The Morgan fingerprint density at radius 3 is 2.02 bits per heavy atom. The van der Waals surface area contributed by atoms with E-state index >= 15 is 0 Å². The van der Waals surface area contributed by atoms with Crippen LogP contribution in [-0.2, 0) is 54.2 Å². The van der Waals surface area contributed by atoms with E-state index in [0.717, 1.165) is 4.90 Å². The summed E-state index contributed by atoms with van der Waals surface area (Å²) in [6.45, 7) is 11.8. The molecule has 1 aliphatic rings. The lowest BCUT2D eigenvalue weighted by molar-refractivity contribution is -0.159. The Balaban J connectivity index is 1.66. The molecule has 0 bridgehead atoms. The fourth-order valence-electron chi connectivity index (χ4n) is 4.62. The summed E-state index contributed by atoms with van der Waals surface area (Å²) in [6, 6.07) is 5.50. The Hall–Kier alpha value is -4.87. The lowest BCUT2D eigenvalue weighted by Crippen LogP contribution is -2.47. The van der Waals surface area contributed by atoms with E-state index in [1.165, 1.54) is 12.2 Å². The lowest BCUT2D eigenvalue weighted by Gasteiger charge is -2.25. The third-order valence-electron chi connectivity index (χ3n) is 7.03. The molecule has 1 aliphatic heterocycles. The van der Waals surface area contributed by atoms with Gasteiger partial charge in [0.1, 0.15) is 23.9 Å². The second-order valence-corrected chi connectivity index (χ2v) is 14.2. The molecule has 2 rings (SSSR count). The summed E-state index contributed by atoms with van der Waals surface area (Å²) in [5, 5.41) is 10.4. The van der Waals surface area contributed by atoms with Gasteiger partial charge in [-0.1, -0.05) is 12.1 Å². The molecule has 1 heterocycles. The van der Waals surface area contributed by atoms with Crippen molar-refractivity contribution in [2.75, 3.05) is 59.3 Å². The number of amides is 6. The molecule has 17 nitrogen and oxygen atoms in total. The van der Waals surface area contributed by atoms with Crippen molar-refractivity contribution in [2.24, 2.45) is 0 Å². The second-order valence-electron chi connectivity index (χ2n) is 14.2. The van der Waals surface area contributed by atoms with Crippen LogP contribution in [0.2, 0.25) is 0 Å². The van der Waals surface area contributed by atoms with Gasteiger partial charge in [-0.15, -0.1) is 0 Å². The van der Waals surface area contributed by atoms with Crippen molar-refractivity contribution in [1.82, 2.24) is 26.2 Å². The molecule has 0 unspecified atom stereocenters. The minimum atomic E-state index is -1.01. The Morgan fingerprint density at radius 1 is 0.741 bits per heavy atom. The standard InChI is InChI=1S/C37H55N5O12/c1-36(2,3)53-34(48)28(12-7-8-16-42-31(45)13-14-32(42)46)41-29(43)24-40-33(47)27-11-9-10-26(22-27)23-39-30(44)25-52-21-20-51-19-18-50-17-15-38-35(49)54-37(4,5)6/h9-11,13-14,22,28H,7-8,12,15-21,23-25H2,1-6H3,(H,38,49)(H,39,44)(H,40,47)(H,41,43)/t28-/m0/s1. The molecule has 0 aromatic heterocycles. The molecule has 0 saturated carbocycles. The number of carbonyl (C=O) groups excluding carboxylic acids is 7. The smallest absolute Gasteiger partial charge is 0.407 e. The lowest BCUT2D eigenvalue weighted by atomic mass is 10.1. The van der Waals surface area contributed by atoms with Crippen LogP contribution in [0.3, 0.4) is 0 Å². The van der Waals surface area contributed by atoms with Gasteiger partial charge in [-0.3, -0.25) is 28.9 Å². The van der Waals surface area contributed by atoms with Crippen LogP contribution in [0.1, 0.15) is 76.7 Å². The first-order chi connectivity index (χ1) is 25.4. The van der Waals surface area contributed by atoms with E-state index in [-0.39, 0.29) is 50.8 Å². The molecule has 0 spiro atoms. The van der Waals surface area contributed by atoms with Crippen LogP contribution in [-0.4, -0.2) is 123 Å². The number of alkyl carbamates (subject to hydrolysis) is 1. The maximum atomic E-state index is 12.8. The van der Waals surface area contributed by atoms with E-state index in [2.05, 4.69) is 21.3 Å². The molecule has 17 heteroatoms. The highest BCUT2D eigenvalue weighted by atomic mass is 16.6. The van der Waals surface area contributed by atoms with Gasteiger partial charge in [0.2, 0.25) is 11.8 Å². The average Bonchev–Trinajstić information content (AvgIpc) is 3.40. The third kappa shape index (κ3) is 19.8. The third-order valence-corrected chi connectivity index (χ3v) is 7.03. The summed E-state index contributed by atoms with van der Waals surface area (Å²) in [6.07, 6.45) is 2.91. The number of hydrogen-bond donors (Lipinski definition) is 4. The van der Waals surface area contributed by atoms with E-state index in [1.807, 2.05) is 0 Å². The quantitative estimate of drug-likeness (QED) is 0.0710. The molecule has 4 N–H and O–H groups in total. The number of hydrogen-bond acceptors (Lipinski definition) is 12. The highest BCUT2D eigenvalue weighted by molar-refractivity contribution is 6.12. The number of benzene rings is 1. The Kier molecular flexibility index (Phi) is 19.3. The topological polar surface area (TPSA) is 217 Å². The Morgan fingerprint density at radius 2 is 1.37 bits per heavy atom. The summed E-state index contributed by atoms with van der Waals surface area (Å²) >= 11 is 0. The van der Waals surface area contributed by atoms with Gasteiger partial charge in [-0.2, -0.15) is 0 Å². The van der Waals surface area contributed by atoms with Gasteiger partial charge in [0.15, 0.2) is 0 Å². The molecular weight excluding hydrogens is 706 g/mol. The molecule has 0 aliphatic carbocycles. The fraction of sp³-hybridized carbons (Fsp3) is 0.595. The second kappa shape index (κ2) is 23.0. The van der Waals surface area contributed by atoms with Crippen LogP contribution in [0.4, 0.5) is 4.79 Å². The largest absolute Gasteiger partial charge is 0.458 e. The molecular formula is C37H55N5O12. The highest BCUT2D eigenvalue weighted by Crippen LogP contribution is 2.13. The number of unbranched alkanes of at least 4 members (excludes halogenated alkanes) is 1. The molecule has 6 amide bonds. The molecule has 300 valence electrons. The van der Waals surface area contributed by atoms with Crippen LogP contribution in [0.15, 0.2) is 36.4 Å². The van der Waals surface area contributed by atoms with Crippen molar-refractivity contribution < 1.29 is 57.2 Å². The van der Waals surface area contributed by atoms with E-state index in [0.29, 0.717) is 44.8 Å². The van der Waals surface area contributed by atoms with Crippen molar-refractivity contribution in [2.45, 2.75) is 84.6 Å². The van der Waals surface area contributed by atoms with Crippen LogP contribution in [0.5, 0.6) is 0 Å². The van der Waals surface area contributed by atoms with Crippen molar-refractivity contribution in [3.05, 3.63) is 47.5 Å². The Labute approximate surface area is 316 Å². The predicted octanol–water partition coefficient (Wildman–Crippen LogP) is 1.53. The van der Waals surface area contributed by atoms with Gasteiger partial charge in [0, 0.05) is 37.3 Å². The summed E-state index contributed by atoms with van der Waals surface area (Å²) in [4.78, 5) is 86.9. The average molecular weight is 762 g/mol. The molecule has 54 heavy (non-hydrogen) atoms. The summed E-state index contributed by atoms with van der Waals surface area (Å²) in [5.74, 6) is -2.94. The highest BCUT2D eigenvalue weighted by Gasteiger charge is 2.28. The van der Waals surface area contributed by atoms with Crippen LogP contribution < -0.4 is 21.3 Å². The van der Waals surface area contributed by atoms with Crippen molar-refractivity contribution in [3.8, 4) is 0 Å². The number of nitrogens with zero attached hydrogens (tertiary/aromatic N) is 1. The first-order valence-electron chi connectivity index (χ1n) is 17.8. The summed E-state index contributed by atoms with van der Waals surface area (Å²) in [7, 11) is 0. The van der Waals surface area contributed by atoms with Crippen LogP contribution in [0.25, 0.3) is 0 Å². The molecule has 1 atom stereocenters. The van der Waals surface area contributed by atoms with Crippen LogP contribution in [0, 0.1) is 0 Å². The summed E-state index contributed by atoms with van der Waals surface area (Å²) in [5.41, 5.74) is -0.466. The zero-order valence-electron chi connectivity index (χ0n) is 32.1. The summed E-state index contributed by atoms with van der Waals surface area (Å²) < 4.78 is 26.7. The molecule has 0 radical (unpaired) electrons. The zero-order chi connectivity index (χ0) is 40.1. The predicted molar refractivity (Wildman–Crippen MR) is 195 cm³/mol. The van der Waals surface area contributed by atoms with Crippen LogP contribution >= 0.6 is 0 Å². The van der Waals surface area contributed by atoms with Gasteiger partial charge in [0.25, 0.3) is 17.7 Å². The number of rotatable bonds is 23. The minimum Gasteiger partial charge on any atom is -0.458 e. The minimum absolute atomic E-state index is 0.134. The number of nitrogens with one attached hydrogen (secondary N) is 4. The van der Waals surface area contributed by atoms with Crippen molar-refractivity contribution in [1.29, 1.82) is 0 Å². The number of carbonyl (C=O) groups is 7. The maximum absolute atomic E-state index is 12.8. The van der Waals surface area contributed by atoms with Gasteiger partial charge in [-0.05, 0) is 78.5 Å². The number of esters is 1. The molecule has 1 aromatic carbocycles. The molecule has 0 fully saturated rings. The Bertz CT molecular complexity index is 1450. The molecule has 1 aromatic rings. The zero-order valence-corrected chi connectivity index (χ0v) is 32.1. The SMILES string of the molecule is CC(C)(C)OC(=O)NCCOCCOCCOCC(=O)NCc1cccc(C(=O)NCC(=O)N[C@@H](CCCCN2C(=O)C=CC2=O)C(=O)OC(C)(C)C)c1. The van der Waals surface area contributed by atoms with Gasteiger partial charge < -0.3 is 45.0 Å². The number of ether oxygens (including phenoxy) is 5. The van der Waals surface area contributed by atoms with E-state index in [4.69, 9.17) is 23.7 Å². The van der Waals surface area contributed by atoms with Crippen molar-refractivity contribution >= 4 is 41.6 Å². The normalized spacial score (nSPS) is 13.3. The fourth-order valence-corrected chi connectivity index (χ4v) is 4.62. The van der Waals surface area contributed by atoms with Crippen molar-refractivity contribution in [3.63, 3.8) is 0 Å². The van der Waals surface area contributed by atoms with Gasteiger partial charge in [0.05, 0.1) is 39.6 Å². The van der Waals surface area contributed by atoms with Gasteiger partial charge in [-0.25, -0.2) is 9.59 Å². The van der Waals surface area contributed by atoms with E-state index in [9.17, 15) is 33.6 Å². The molecule has 0 saturated heterocycles. The maximum Gasteiger partial charge on any atom is 0.407 e. The first kappa shape index (κ1) is 45.3. The van der Waals surface area contributed by atoms with E-state index in [1.54, 1.807) is 65.8 Å².